The van der Waals surface area contributed by atoms with Crippen molar-refractivity contribution in [3.63, 3.8) is 0 Å². The molecule has 0 unspecified atom stereocenters. The molecule has 9 heteroatoms. The van der Waals surface area contributed by atoms with Crippen molar-refractivity contribution in [2.75, 3.05) is 6.54 Å². The monoisotopic (exact) mass is 374 g/mol. The summed E-state index contributed by atoms with van der Waals surface area (Å²) in [5.41, 5.74) is 3.50. The molecule has 0 aliphatic carbocycles. The predicted molar refractivity (Wildman–Crippen MR) is 97.4 cm³/mol. The highest BCUT2D eigenvalue weighted by molar-refractivity contribution is 6.31. The molecule has 26 heavy (non-hydrogen) atoms. The first-order valence-electron chi connectivity index (χ1n) is 7.47. The van der Waals surface area contributed by atoms with Gasteiger partial charge in [-0.25, -0.2) is 5.43 Å². The predicted octanol–water partition coefficient (Wildman–Crippen LogP) is 2.44. The zero-order valence-corrected chi connectivity index (χ0v) is 14.5. The molecule has 0 saturated carbocycles. The molecule has 0 aromatic heterocycles. The first kappa shape index (κ1) is 19.1. The van der Waals surface area contributed by atoms with Crippen molar-refractivity contribution in [2.45, 2.75) is 6.92 Å². The zero-order chi connectivity index (χ0) is 19.1. The summed E-state index contributed by atoms with van der Waals surface area (Å²) in [5.74, 6) is -0.967. The average molecular weight is 375 g/mol. The maximum absolute atomic E-state index is 11.9. The van der Waals surface area contributed by atoms with Crippen LogP contribution in [-0.2, 0) is 4.79 Å². The third kappa shape index (κ3) is 5.38. The van der Waals surface area contributed by atoms with Gasteiger partial charge in [0.25, 0.3) is 17.5 Å². The molecule has 0 radical (unpaired) electrons. The number of aryl methyl sites for hydroxylation is 1. The number of carbonyl (C=O) groups is 2. The fourth-order valence-corrected chi connectivity index (χ4v) is 2.24. The van der Waals surface area contributed by atoms with Crippen LogP contribution in [0, 0.1) is 17.0 Å². The van der Waals surface area contributed by atoms with Crippen molar-refractivity contribution in [3.8, 4) is 0 Å². The van der Waals surface area contributed by atoms with E-state index in [1.54, 1.807) is 18.2 Å². The van der Waals surface area contributed by atoms with Crippen LogP contribution in [0.2, 0.25) is 5.02 Å². The largest absolute Gasteiger partial charge is 0.343 e. The molecular weight excluding hydrogens is 360 g/mol. The quantitative estimate of drug-likeness (QED) is 0.459. The van der Waals surface area contributed by atoms with Crippen LogP contribution >= 0.6 is 11.6 Å². The minimum absolute atomic E-state index is 0.145. The third-order valence-electron chi connectivity index (χ3n) is 3.27. The molecule has 8 nitrogen and oxygen atoms in total. The van der Waals surface area contributed by atoms with Crippen molar-refractivity contribution in [1.29, 1.82) is 0 Å². The van der Waals surface area contributed by atoms with Crippen LogP contribution < -0.4 is 10.7 Å². The lowest BCUT2D eigenvalue weighted by Gasteiger charge is -2.05. The van der Waals surface area contributed by atoms with Gasteiger partial charge in [-0.05, 0) is 31.2 Å². The number of halogens is 1. The summed E-state index contributed by atoms with van der Waals surface area (Å²) in [6.45, 7) is 1.56. The van der Waals surface area contributed by atoms with Crippen molar-refractivity contribution in [3.05, 3.63) is 74.3 Å². The van der Waals surface area contributed by atoms with Crippen molar-refractivity contribution in [2.24, 2.45) is 5.10 Å². The number of nitro groups is 1. The fourth-order valence-electron chi connectivity index (χ4n) is 2.06. The Morgan fingerprint density at radius 2 is 2.04 bits per heavy atom. The molecule has 2 rings (SSSR count). The van der Waals surface area contributed by atoms with E-state index in [0.29, 0.717) is 10.6 Å². The standard InChI is InChI=1S/C17H15ClN4O4/c1-11-3-2-4-12(7-11)17(24)19-10-16(23)21-20-9-13-8-14(18)5-6-15(13)22(25)26/h2-9H,10H2,1H3,(H,19,24)(H,21,23)/b20-9-. The molecule has 0 fully saturated rings. The van der Waals surface area contributed by atoms with Crippen LogP contribution in [0.3, 0.4) is 0 Å². The Balaban J connectivity index is 1.91. The molecule has 0 aliphatic rings. The smallest absolute Gasteiger partial charge is 0.278 e. The van der Waals surface area contributed by atoms with Crippen molar-refractivity contribution in [1.82, 2.24) is 10.7 Å². The van der Waals surface area contributed by atoms with Gasteiger partial charge in [0.05, 0.1) is 23.2 Å². The summed E-state index contributed by atoms with van der Waals surface area (Å²) >= 11 is 5.80. The van der Waals surface area contributed by atoms with E-state index in [0.717, 1.165) is 11.8 Å². The van der Waals surface area contributed by atoms with Gasteiger partial charge in [0, 0.05) is 16.7 Å². The number of hydrogen-bond acceptors (Lipinski definition) is 5. The Kier molecular flexibility index (Phi) is 6.40. The molecule has 0 aliphatic heterocycles. The minimum atomic E-state index is -0.582. The molecule has 0 bridgehead atoms. The summed E-state index contributed by atoms with van der Waals surface area (Å²) in [6.07, 6.45) is 1.12. The lowest BCUT2D eigenvalue weighted by Crippen LogP contribution is -2.34. The normalized spacial score (nSPS) is 10.5. The number of benzene rings is 2. The molecule has 2 N–H and O–H groups in total. The van der Waals surface area contributed by atoms with Crippen molar-refractivity contribution >= 4 is 35.3 Å². The average Bonchev–Trinajstić information content (AvgIpc) is 2.59. The Labute approximate surface area is 154 Å². The molecule has 2 amide bonds. The van der Waals surface area contributed by atoms with E-state index in [-0.39, 0.29) is 17.8 Å². The number of hydrogen-bond donors (Lipinski definition) is 2. The van der Waals surface area contributed by atoms with Gasteiger partial charge in [-0.1, -0.05) is 29.3 Å². The highest BCUT2D eigenvalue weighted by Crippen LogP contribution is 2.20. The van der Waals surface area contributed by atoms with E-state index in [9.17, 15) is 19.7 Å². The molecule has 0 saturated heterocycles. The number of hydrazone groups is 1. The van der Waals surface area contributed by atoms with Gasteiger partial charge in [-0.2, -0.15) is 5.10 Å². The van der Waals surface area contributed by atoms with Gasteiger partial charge in [0.1, 0.15) is 0 Å². The van der Waals surface area contributed by atoms with E-state index in [1.165, 1.54) is 18.2 Å². The summed E-state index contributed by atoms with van der Waals surface area (Å²) in [4.78, 5) is 34.0. The number of nitro benzene ring substituents is 1. The van der Waals surface area contributed by atoms with Gasteiger partial charge >= 0.3 is 0 Å². The molecule has 134 valence electrons. The number of nitrogens with one attached hydrogen (secondary N) is 2. The second-order valence-electron chi connectivity index (χ2n) is 5.31. The molecule has 0 heterocycles. The van der Waals surface area contributed by atoms with Gasteiger partial charge in [0.15, 0.2) is 0 Å². The maximum atomic E-state index is 11.9. The molecular formula is C17H15ClN4O4. The summed E-state index contributed by atoms with van der Waals surface area (Å²) < 4.78 is 0. The second kappa shape index (κ2) is 8.72. The van der Waals surface area contributed by atoms with Crippen LogP contribution in [0.15, 0.2) is 47.6 Å². The van der Waals surface area contributed by atoms with Gasteiger partial charge in [0.2, 0.25) is 0 Å². The van der Waals surface area contributed by atoms with Gasteiger partial charge in [-0.3, -0.25) is 19.7 Å². The zero-order valence-electron chi connectivity index (χ0n) is 13.7. The summed E-state index contributed by atoms with van der Waals surface area (Å²) in [5, 5.41) is 17.3. The van der Waals surface area contributed by atoms with Crippen LogP contribution in [0.25, 0.3) is 0 Å². The molecule has 2 aromatic rings. The number of nitrogens with zero attached hydrogens (tertiary/aromatic N) is 2. The molecule has 2 aromatic carbocycles. The highest BCUT2D eigenvalue weighted by Gasteiger charge is 2.12. The number of carbonyl (C=O) groups excluding carboxylic acids is 2. The number of rotatable bonds is 6. The minimum Gasteiger partial charge on any atom is -0.343 e. The lowest BCUT2D eigenvalue weighted by molar-refractivity contribution is -0.385. The third-order valence-corrected chi connectivity index (χ3v) is 3.50. The Hall–Kier alpha value is -3.26. The Morgan fingerprint density at radius 1 is 1.27 bits per heavy atom. The van der Waals surface area contributed by atoms with Crippen molar-refractivity contribution < 1.29 is 14.5 Å². The first-order valence-corrected chi connectivity index (χ1v) is 7.85. The fraction of sp³-hybridized carbons (Fsp3) is 0.118. The SMILES string of the molecule is Cc1cccc(C(=O)NCC(=O)N/N=C\c2cc(Cl)ccc2[N+](=O)[O-])c1. The van der Waals surface area contributed by atoms with Crippen LogP contribution in [0.5, 0.6) is 0 Å². The summed E-state index contributed by atoms with van der Waals surface area (Å²) in [7, 11) is 0. The molecule has 0 spiro atoms. The van der Waals surface area contributed by atoms with E-state index < -0.39 is 16.7 Å². The maximum Gasteiger partial charge on any atom is 0.278 e. The lowest BCUT2D eigenvalue weighted by atomic mass is 10.1. The van der Waals surface area contributed by atoms with Crippen LogP contribution in [0.4, 0.5) is 5.69 Å². The summed E-state index contributed by atoms with van der Waals surface area (Å²) in [6, 6.07) is 10.9. The van der Waals surface area contributed by atoms with Crippen LogP contribution in [-0.4, -0.2) is 29.5 Å². The van der Waals surface area contributed by atoms with Gasteiger partial charge < -0.3 is 5.32 Å². The second-order valence-corrected chi connectivity index (χ2v) is 5.74. The molecule has 0 atom stereocenters. The van der Waals surface area contributed by atoms with E-state index in [2.05, 4.69) is 15.8 Å². The Bertz CT molecular complexity index is 883. The Morgan fingerprint density at radius 3 is 2.73 bits per heavy atom. The van der Waals surface area contributed by atoms with E-state index in [4.69, 9.17) is 11.6 Å². The van der Waals surface area contributed by atoms with Gasteiger partial charge in [-0.15, -0.1) is 0 Å². The van der Waals surface area contributed by atoms with E-state index >= 15 is 0 Å². The number of amides is 2. The topological polar surface area (TPSA) is 114 Å². The van der Waals surface area contributed by atoms with E-state index in [1.807, 2.05) is 13.0 Å². The van der Waals surface area contributed by atoms with Crippen LogP contribution in [0.1, 0.15) is 21.5 Å². The first-order chi connectivity index (χ1) is 12.4. The highest BCUT2D eigenvalue weighted by atomic mass is 35.5.